The molecule has 1 aliphatic carbocycles. The lowest BCUT2D eigenvalue weighted by atomic mass is 9.84. The van der Waals surface area contributed by atoms with E-state index in [4.69, 9.17) is 0 Å². The van der Waals surface area contributed by atoms with Gasteiger partial charge in [0.2, 0.25) is 0 Å². The number of aryl methyl sites for hydroxylation is 1. The Morgan fingerprint density at radius 2 is 2.06 bits per heavy atom. The molecule has 1 saturated carbocycles. The van der Waals surface area contributed by atoms with Crippen LogP contribution < -0.4 is 5.32 Å². The van der Waals surface area contributed by atoms with Gasteiger partial charge in [0.05, 0.1) is 0 Å². The van der Waals surface area contributed by atoms with E-state index >= 15 is 0 Å². The molecule has 0 radical (unpaired) electrons. The SMILES string of the molecule is CCC1(c2nnc(CCCNC)s2)CCCC1. The summed E-state index contributed by atoms with van der Waals surface area (Å²) in [5.74, 6) is 0. The molecule has 1 heterocycles. The molecule has 96 valence electrons. The molecule has 1 aromatic rings. The highest BCUT2D eigenvalue weighted by molar-refractivity contribution is 7.11. The van der Waals surface area contributed by atoms with Crippen LogP contribution in [0.3, 0.4) is 0 Å². The van der Waals surface area contributed by atoms with Gasteiger partial charge in [0.25, 0.3) is 0 Å². The highest BCUT2D eigenvalue weighted by Gasteiger charge is 2.36. The molecular formula is C13H23N3S. The first-order chi connectivity index (χ1) is 8.30. The van der Waals surface area contributed by atoms with Gasteiger partial charge in [-0.1, -0.05) is 19.8 Å². The maximum absolute atomic E-state index is 4.47. The first-order valence-corrected chi connectivity index (χ1v) is 7.60. The molecule has 1 fully saturated rings. The van der Waals surface area contributed by atoms with Crippen LogP contribution in [0.2, 0.25) is 0 Å². The largest absolute Gasteiger partial charge is 0.320 e. The maximum Gasteiger partial charge on any atom is 0.123 e. The highest BCUT2D eigenvalue weighted by Crippen LogP contribution is 2.44. The normalized spacial score (nSPS) is 18.7. The van der Waals surface area contributed by atoms with Gasteiger partial charge in [0, 0.05) is 11.8 Å². The zero-order valence-corrected chi connectivity index (χ0v) is 11.8. The molecule has 17 heavy (non-hydrogen) atoms. The summed E-state index contributed by atoms with van der Waals surface area (Å²) in [4.78, 5) is 0. The second-order valence-corrected chi connectivity index (χ2v) is 6.11. The van der Waals surface area contributed by atoms with Crippen LogP contribution in [0.4, 0.5) is 0 Å². The van der Waals surface area contributed by atoms with E-state index in [1.165, 1.54) is 42.1 Å². The van der Waals surface area contributed by atoms with Gasteiger partial charge >= 0.3 is 0 Å². The first kappa shape index (κ1) is 13.0. The Kier molecular flexibility index (Phi) is 4.51. The van der Waals surface area contributed by atoms with Crippen molar-refractivity contribution in [3.05, 3.63) is 10.0 Å². The summed E-state index contributed by atoms with van der Waals surface area (Å²) in [5, 5.41) is 14.5. The number of nitrogens with zero attached hydrogens (tertiary/aromatic N) is 2. The smallest absolute Gasteiger partial charge is 0.123 e. The summed E-state index contributed by atoms with van der Waals surface area (Å²) in [6.07, 6.45) is 8.80. The van der Waals surface area contributed by atoms with Crippen molar-refractivity contribution in [2.45, 2.75) is 57.3 Å². The predicted octanol–water partition coefficient (Wildman–Crippen LogP) is 2.91. The fourth-order valence-corrected chi connectivity index (χ4v) is 3.95. The van der Waals surface area contributed by atoms with Crippen LogP contribution in [0.25, 0.3) is 0 Å². The second-order valence-electron chi connectivity index (χ2n) is 5.05. The summed E-state index contributed by atoms with van der Waals surface area (Å²) < 4.78 is 0. The van der Waals surface area contributed by atoms with Gasteiger partial charge in [-0.25, -0.2) is 0 Å². The molecule has 0 amide bonds. The molecule has 3 nitrogen and oxygen atoms in total. The zero-order chi connectivity index (χ0) is 12.1. The van der Waals surface area contributed by atoms with Gasteiger partial charge < -0.3 is 5.32 Å². The molecule has 0 saturated heterocycles. The van der Waals surface area contributed by atoms with Crippen molar-refractivity contribution in [3.63, 3.8) is 0 Å². The van der Waals surface area contributed by atoms with Gasteiger partial charge in [0.15, 0.2) is 0 Å². The van der Waals surface area contributed by atoms with E-state index in [0.29, 0.717) is 5.41 Å². The lowest BCUT2D eigenvalue weighted by Gasteiger charge is -2.23. The Hall–Kier alpha value is -0.480. The minimum atomic E-state index is 0.374. The van der Waals surface area contributed by atoms with Crippen molar-refractivity contribution in [1.82, 2.24) is 15.5 Å². The van der Waals surface area contributed by atoms with Crippen LogP contribution in [-0.2, 0) is 11.8 Å². The molecule has 0 aliphatic heterocycles. The number of hydrogen-bond acceptors (Lipinski definition) is 4. The van der Waals surface area contributed by atoms with Crippen LogP contribution in [0.5, 0.6) is 0 Å². The Morgan fingerprint density at radius 1 is 1.29 bits per heavy atom. The molecule has 2 rings (SSSR count). The van der Waals surface area contributed by atoms with Crippen LogP contribution in [0, 0.1) is 0 Å². The quantitative estimate of drug-likeness (QED) is 0.792. The maximum atomic E-state index is 4.47. The Balaban J connectivity index is 2.01. The van der Waals surface area contributed by atoms with Crippen molar-refractivity contribution in [1.29, 1.82) is 0 Å². The van der Waals surface area contributed by atoms with E-state index < -0.39 is 0 Å². The van der Waals surface area contributed by atoms with Crippen LogP contribution >= 0.6 is 11.3 Å². The lowest BCUT2D eigenvalue weighted by molar-refractivity contribution is 0.419. The van der Waals surface area contributed by atoms with Gasteiger partial charge in [-0.15, -0.1) is 21.5 Å². The van der Waals surface area contributed by atoms with Crippen molar-refractivity contribution in [2.24, 2.45) is 0 Å². The number of nitrogens with one attached hydrogen (secondary N) is 1. The first-order valence-electron chi connectivity index (χ1n) is 6.78. The molecule has 0 atom stereocenters. The van der Waals surface area contributed by atoms with Gasteiger partial charge in [0.1, 0.15) is 10.0 Å². The molecular weight excluding hydrogens is 230 g/mol. The van der Waals surface area contributed by atoms with Gasteiger partial charge in [-0.05, 0) is 39.3 Å². The van der Waals surface area contributed by atoms with Crippen molar-refractivity contribution in [2.75, 3.05) is 13.6 Å². The predicted molar refractivity (Wildman–Crippen MR) is 72.6 cm³/mol. The molecule has 1 N–H and O–H groups in total. The second kappa shape index (κ2) is 5.91. The topological polar surface area (TPSA) is 37.8 Å². The van der Waals surface area contributed by atoms with Crippen LogP contribution in [0.1, 0.15) is 55.5 Å². The van der Waals surface area contributed by atoms with Crippen LogP contribution in [-0.4, -0.2) is 23.8 Å². The van der Waals surface area contributed by atoms with E-state index in [0.717, 1.165) is 19.4 Å². The molecule has 0 aromatic carbocycles. The Bertz CT molecular complexity index is 342. The van der Waals surface area contributed by atoms with Crippen molar-refractivity contribution < 1.29 is 0 Å². The van der Waals surface area contributed by atoms with E-state index in [2.05, 4.69) is 22.4 Å². The Labute approximate surface area is 108 Å². The molecule has 4 heteroatoms. The summed E-state index contributed by atoms with van der Waals surface area (Å²) in [6.45, 7) is 3.36. The zero-order valence-electron chi connectivity index (χ0n) is 11.0. The van der Waals surface area contributed by atoms with E-state index in [9.17, 15) is 0 Å². The van der Waals surface area contributed by atoms with E-state index in [1.54, 1.807) is 0 Å². The lowest BCUT2D eigenvalue weighted by Crippen LogP contribution is -2.20. The molecule has 1 aliphatic rings. The van der Waals surface area contributed by atoms with Crippen molar-refractivity contribution in [3.8, 4) is 0 Å². The summed E-state index contributed by atoms with van der Waals surface area (Å²) in [5.41, 5.74) is 0.374. The third-order valence-corrected chi connectivity index (χ3v) is 5.20. The third kappa shape index (κ3) is 2.86. The summed E-state index contributed by atoms with van der Waals surface area (Å²) >= 11 is 1.85. The number of rotatable bonds is 6. The number of hydrogen-bond donors (Lipinski definition) is 1. The van der Waals surface area contributed by atoms with Crippen LogP contribution in [0.15, 0.2) is 0 Å². The minimum Gasteiger partial charge on any atom is -0.320 e. The van der Waals surface area contributed by atoms with E-state index in [1.807, 2.05) is 18.4 Å². The standard InChI is InChI=1S/C13H23N3S/c1-3-13(8-4-5-9-13)12-16-15-11(17-12)7-6-10-14-2/h14H,3-10H2,1-2H3. The molecule has 1 aromatic heterocycles. The summed E-state index contributed by atoms with van der Waals surface area (Å²) in [7, 11) is 2.00. The fraction of sp³-hybridized carbons (Fsp3) is 0.846. The molecule has 0 spiro atoms. The third-order valence-electron chi connectivity index (χ3n) is 3.98. The minimum absolute atomic E-state index is 0.374. The van der Waals surface area contributed by atoms with Gasteiger partial charge in [-0.2, -0.15) is 0 Å². The molecule has 0 unspecified atom stereocenters. The highest BCUT2D eigenvalue weighted by atomic mass is 32.1. The Morgan fingerprint density at radius 3 is 2.71 bits per heavy atom. The molecule has 0 bridgehead atoms. The van der Waals surface area contributed by atoms with E-state index in [-0.39, 0.29) is 0 Å². The average molecular weight is 253 g/mol. The summed E-state index contributed by atoms with van der Waals surface area (Å²) in [6, 6.07) is 0. The van der Waals surface area contributed by atoms with Crippen molar-refractivity contribution >= 4 is 11.3 Å². The fourth-order valence-electron chi connectivity index (χ4n) is 2.76. The van der Waals surface area contributed by atoms with Gasteiger partial charge in [-0.3, -0.25) is 0 Å². The average Bonchev–Trinajstić information content (AvgIpc) is 2.98. The number of aromatic nitrogens is 2. The monoisotopic (exact) mass is 253 g/mol.